The van der Waals surface area contributed by atoms with Crippen LogP contribution >= 0.6 is 0 Å². The number of benzene rings is 3. The standard InChI is InChI=1S/C20H18O/c1-21-20(17-11-6-3-7-12-17)19-14-8-13-18(15-19)16-9-4-2-5-10-16/h2-15,20H,1H3. The molecule has 3 rings (SSSR count). The van der Waals surface area contributed by atoms with Crippen molar-refractivity contribution in [3.63, 3.8) is 0 Å². The fraction of sp³-hybridized carbons (Fsp3) is 0.100. The SMILES string of the molecule is COC(c1ccccc1)c1cccc(-c2ccccc2)c1. The highest BCUT2D eigenvalue weighted by atomic mass is 16.5. The van der Waals surface area contributed by atoms with Crippen molar-refractivity contribution in [1.82, 2.24) is 0 Å². The zero-order valence-electron chi connectivity index (χ0n) is 12.1. The van der Waals surface area contributed by atoms with Gasteiger partial charge in [0.05, 0.1) is 0 Å². The summed E-state index contributed by atoms with van der Waals surface area (Å²) >= 11 is 0. The second-order valence-electron chi connectivity index (χ2n) is 5.02. The summed E-state index contributed by atoms with van der Waals surface area (Å²) in [7, 11) is 1.76. The zero-order valence-corrected chi connectivity index (χ0v) is 12.1. The molecule has 1 heteroatoms. The van der Waals surface area contributed by atoms with E-state index in [-0.39, 0.29) is 6.10 Å². The van der Waals surface area contributed by atoms with Gasteiger partial charge in [-0.2, -0.15) is 0 Å². The van der Waals surface area contributed by atoms with Crippen LogP contribution in [0.3, 0.4) is 0 Å². The second-order valence-corrected chi connectivity index (χ2v) is 5.02. The van der Waals surface area contributed by atoms with Crippen molar-refractivity contribution in [3.8, 4) is 11.1 Å². The fourth-order valence-corrected chi connectivity index (χ4v) is 2.60. The highest BCUT2D eigenvalue weighted by Crippen LogP contribution is 2.28. The maximum atomic E-state index is 5.71. The predicted molar refractivity (Wildman–Crippen MR) is 87.2 cm³/mol. The van der Waals surface area contributed by atoms with Gasteiger partial charge in [-0.25, -0.2) is 0 Å². The molecule has 3 aromatic carbocycles. The van der Waals surface area contributed by atoms with Crippen LogP contribution in [-0.2, 0) is 4.74 Å². The largest absolute Gasteiger partial charge is 0.372 e. The van der Waals surface area contributed by atoms with Gasteiger partial charge in [-0.3, -0.25) is 0 Å². The Kier molecular flexibility index (Phi) is 4.13. The number of hydrogen-bond acceptors (Lipinski definition) is 1. The first-order valence-corrected chi connectivity index (χ1v) is 7.11. The molecule has 1 atom stereocenters. The van der Waals surface area contributed by atoms with Crippen LogP contribution in [0.2, 0.25) is 0 Å². The Morgan fingerprint density at radius 2 is 1.19 bits per heavy atom. The minimum Gasteiger partial charge on any atom is -0.372 e. The molecule has 0 bridgehead atoms. The third-order valence-electron chi connectivity index (χ3n) is 3.63. The van der Waals surface area contributed by atoms with E-state index in [0.29, 0.717) is 0 Å². The molecule has 1 unspecified atom stereocenters. The Balaban J connectivity index is 1.99. The molecule has 21 heavy (non-hydrogen) atoms. The quantitative estimate of drug-likeness (QED) is 0.644. The predicted octanol–water partition coefficient (Wildman–Crippen LogP) is 5.09. The van der Waals surface area contributed by atoms with Crippen LogP contribution in [0.25, 0.3) is 11.1 Å². The second kappa shape index (κ2) is 6.38. The molecule has 0 N–H and O–H groups in total. The van der Waals surface area contributed by atoms with E-state index < -0.39 is 0 Å². The van der Waals surface area contributed by atoms with Crippen molar-refractivity contribution in [2.24, 2.45) is 0 Å². The molecule has 104 valence electrons. The lowest BCUT2D eigenvalue weighted by atomic mass is 9.97. The van der Waals surface area contributed by atoms with E-state index in [1.54, 1.807) is 7.11 Å². The van der Waals surface area contributed by atoms with Crippen LogP contribution in [0.15, 0.2) is 84.9 Å². The van der Waals surface area contributed by atoms with Crippen molar-refractivity contribution in [1.29, 1.82) is 0 Å². The Labute approximate surface area is 125 Å². The van der Waals surface area contributed by atoms with Gasteiger partial charge in [0.15, 0.2) is 0 Å². The summed E-state index contributed by atoms with van der Waals surface area (Å²) in [4.78, 5) is 0. The van der Waals surface area contributed by atoms with E-state index in [1.165, 1.54) is 22.3 Å². The molecule has 3 aromatic rings. The average molecular weight is 274 g/mol. The lowest BCUT2D eigenvalue weighted by Gasteiger charge is -2.17. The van der Waals surface area contributed by atoms with Crippen LogP contribution in [-0.4, -0.2) is 7.11 Å². The first-order chi connectivity index (χ1) is 10.4. The van der Waals surface area contributed by atoms with E-state index in [2.05, 4.69) is 60.7 Å². The Morgan fingerprint density at radius 1 is 0.619 bits per heavy atom. The molecule has 0 heterocycles. The fourth-order valence-electron chi connectivity index (χ4n) is 2.60. The highest BCUT2D eigenvalue weighted by Gasteiger charge is 2.13. The van der Waals surface area contributed by atoms with E-state index in [9.17, 15) is 0 Å². The van der Waals surface area contributed by atoms with E-state index in [4.69, 9.17) is 4.74 Å². The molecule has 0 saturated heterocycles. The van der Waals surface area contributed by atoms with Gasteiger partial charge < -0.3 is 4.74 Å². The lowest BCUT2D eigenvalue weighted by molar-refractivity contribution is 0.136. The lowest BCUT2D eigenvalue weighted by Crippen LogP contribution is -2.03. The van der Waals surface area contributed by atoms with Crippen LogP contribution in [0.4, 0.5) is 0 Å². The summed E-state index contributed by atoms with van der Waals surface area (Å²) in [5, 5.41) is 0. The third kappa shape index (κ3) is 3.04. The first kappa shape index (κ1) is 13.6. The van der Waals surface area contributed by atoms with Gasteiger partial charge >= 0.3 is 0 Å². The van der Waals surface area contributed by atoms with Crippen molar-refractivity contribution in [2.45, 2.75) is 6.10 Å². The van der Waals surface area contributed by atoms with Crippen molar-refractivity contribution >= 4 is 0 Å². The third-order valence-corrected chi connectivity index (χ3v) is 3.63. The molecular formula is C20H18O. The van der Waals surface area contributed by atoms with Gasteiger partial charge in [-0.05, 0) is 28.3 Å². The minimum absolute atomic E-state index is 0.0325. The maximum absolute atomic E-state index is 5.71. The normalized spacial score (nSPS) is 12.0. The molecule has 0 aromatic heterocycles. The average Bonchev–Trinajstić information content (AvgIpc) is 2.58. The molecule has 0 amide bonds. The van der Waals surface area contributed by atoms with Crippen molar-refractivity contribution < 1.29 is 4.74 Å². The summed E-state index contributed by atoms with van der Waals surface area (Å²) in [6.45, 7) is 0. The summed E-state index contributed by atoms with van der Waals surface area (Å²) < 4.78 is 5.71. The highest BCUT2D eigenvalue weighted by molar-refractivity contribution is 5.64. The van der Waals surface area contributed by atoms with Gasteiger partial charge in [0.25, 0.3) is 0 Å². The first-order valence-electron chi connectivity index (χ1n) is 7.11. The van der Waals surface area contributed by atoms with Gasteiger partial charge in [-0.1, -0.05) is 78.9 Å². The molecule has 0 fully saturated rings. The van der Waals surface area contributed by atoms with Gasteiger partial charge in [0, 0.05) is 7.11 Å². The van der Waals surface area contributed by atoms with Gasteiger partial charge in [0.2, 0.25) is 0 Å². The molecule has 0 aliphatic rings. The molecule has 0 saturated carbocycles. The minimum atomic E-state index is -0.0325. The molecule has 0 aliphatic heterocycles. The van der Waals surface area contributed by atoms with E-state index in [0.717, 1.165) is 0 Å². The van der Waals surface area contributed by atoms with Crippen molar-refractivity contribution in [2.75, 3.05) is 7.11 Å². The number of hydrogen-bond donors (Lipinski definition) is 0. The monoisotopic (exact) mass is 274 g/mol. The van der Waals surface area contributed by atoms with Crippen LogP contribution in [0.5, 0.6) is 0 Å². The topological polar surface area (TPSA) is 9.23 Å². The van der Waals surface area contributed by atoms with Gasteiger partial charge in [-0.15, -0.1) is 0 Å². The summed E-state index contributed by atoms with van der Waals surface area (Å²) in [5.74, 6) is 0. The summed E-state index contributed by atoms with van der Waals surface area (Å²) in [5.41, 5.74) is 4.78. The Morgan fingerprint density at radius 3 is 1.86 bits per heavy atom. The number of rotatable bonds is 4. The van der Waals surface area contributed by atoms with Gasteiger partial charge in [0.1, 0.15) is 6.10 Å². The maximum Gasteiger partial charge on any atom is 0.107 e. The van der Waals surface area contributed by atoms with E-state index >= 15 is 0 Å². The molecular weight excluding hydrogens is 256 g/mol. The summed E-state index contributed by atoms with van der Waals surface area (Å²) in [6.07, 6.45) is -0.0325. The smallest absolute Gasteiger partial charge is 0.107 e. The van der Waals surface area contributed by atoms with Crippen LogP contribution in [0, 0.1) is 0 Å². The molecule has 1 nitrogen and oxygen atoms in total. The number of ether oxygens (including phenoxy) is 1. The Hall–Kier alpha value is -2.38. The van der Waals surface area contributed by atoms with E-state index in [1.807, 2.05) is 24.3 Å². The summed E-state index contributed by atoms with van der Waals surface area (Å²) in [6, 6.07) is 29.3. The Bertz CT molecular complexity index is 689. The number of methoxy groups -OCH3 is 1. The molecule has 0 radical (unpaired) electrons. The molecule has 0 spiro atoms. The molecule has 0 aliphatic carbocycles. The van der Waals surface area contributed by atoms with Crippen LogP contribution in [0.1, 0.15) is 17.2 Å². The van der Waals surface area contributed by atoms with Crippen molar-refractivity contribution in [3.05, 3.63) is 96.1 Å². The zero-order chi connectivity index (χ0) is 14.5. The van der Waals surface area contributed by atoms with Crippen LogP contribution < -0.4 is 0 Å².